The lowest BCUT2D eigenvalue weighted by Crippen LogP contribution is -2.58. The predicted molar refractivity (Wildman–Crippen MR) is 82.6 cm³/mol. The van der Waals surface area contributed by atoms with E-state index in [0.29, 0.717) is 24.5 Å². The molecular weight excluding hydrogens is 296 g/mol. The van der Waals surface area contributed by atoms with Crippen LogP contribution in [0.25, 0.3) is 0 Å². The largest absolute Gasteiger partial charge is 0.329 e. The van der Waals surface area contributed by atoms with Crippen LogP contribution in [0.1, 0.15) is 18.4 Å². The van der Waals surface area contributed by atoms with Gasteiger partial charge in [0.15, 0.2) is 9.84 Å². The van der Waals surface area contributed by atoms with Gasteiger partial charge in [0, 0.05) is 23.7 Å². The van der Waals surface area contributed by atoms with E-state index in [1.54, 1.807) is 0 Å². The Balaban J connectivity index is 2.16. The molecule has 1 fully saturated rings. The topological polar surface area (TPSA) is 63.4 Å². The van der Waals surface area contributed by atoms with Crippen LogP contribution >= 0.6 is 11.6 Å². The summed E-state index contributed by atoms with van der Waals surface area (Å²) in [5.74, 6) is 0.435. The molecule has 4 nitrogen and oxygen atoms in total. The molecular formula is C14H21ClN2O2S. The van der Waals surface area contributed by atoms with Crippen molar-refractivity contribution >= 4 is 21.4 Å². The number of rotatable bonds is 4. The maximum absolute atomic E-state index is 11.9. The zero-order valence-electron chi connectivity index (χ0n) is 11.7. The molecule has 0 spiro atoms. The Hall–Kier alpha value is -0.620. The average Bonchev–Trinajstić information content (AvgIpc) is 2.40. The van der Waals surface area contributed by atoms with Crippen molar-refractivity contribution in [3.8, 4) is 0 Å². The highest BCUT2D eigenvalue weighted by Gasteiger charge is 2.40. The third kappa shape index (κ3) is 3.52. The van der Waals surface area contributed by atoms with E-state index >= 15 is 0 Å². The van der Waals surface area contributed by atoms with Gasteiger partial charge in [-0.05, 0) is 37.6 Å². The number of sulfone groups is 1. The van der Waals surface area contributed by atoms with Crippen LogP contribution in [-0.2, 0) is 16.4 Å². The van der Waals surface area contributed by atoms with Gasteiger partial charge in [0.05, 0.1) is 11.5 Å². The van der Waals surface area contributed by atoms with E-state index in [1.165, 1.54) is 0 Å². The normalized spacial score (nSPS) is 25.8. The van der Waals surface area contributed by atoms with Crippen molar-refractivity contribution < 1.29 is 8.42 Å². The molecule has 0 radical (unpaired) electrons. The molecule has 1 atom stereocenters. The van der Waals surface area contributed by atoms with Crippen LogP contribution < -0.4 is 5.73 Å². The van der Waals surface area contributed by atoms with Crippen LogP contribution in [0.15, 0.2) is 24.3 Å². The molecule has 0 amide bonds. The summed E-state index contributed by atoms with van der Waals surface area (Å²) >= 11 is 5.88. The Bertz CT molecular complexity index is 559. The molecule has 0 saturated carbocycles. The third-order valence-electron chi connectivity index (χ3n) is 4.11. The van der Waals surface area contributed by atoms with Crippen LogP contribution in [0.3, 0.4) is 0 Å². The fourth-order valence-electron chi connectivity index (χ4n) is 2.82. The summed E-state index contributed by atoms with van der Waals surface area (Å²) in [6.07, 6.45) is 1.51. The lowest BCUT2D eigenvalue weighted by atomic mass is 9.93. The second-order valence-electron chi connectivity index (χ2n) is 5.61. The molecule has 2 N–H and O–H groups in total. The van der Waals surface area contributed by atoms with Crippen LogP contribution in [0.4, 0.5) is 0 Å². The first-order valence-electron chi connectivity index (χ1n) is 6.73. The van der Waals surface area contributed by atoms with Crippen LogP contribution in [0.5, 0.6) is 0 Å². The Kier molecular flexibility index (Phi) is 4.74. The van der Waals surface area contributed by atoms with Gasteiger partial charge in [0.2, 0.25) is 0 Å². The third-order valence-corrected chi connectivity index (χ3v) is 6.25. The molecule has 1 aromatic rings. The highest BCUT2D eigenvalue weighted by atomic mass is 35.5. The highest BCUT2D eigenvalue weighted by molar-refractivity contribution is 7.91. The van der Waals surface area contributed by atoms with E-state index in [-0.39, 0.29) is 11.5 Å². The Morgan fingerprint density at radius 2 is 2.00 bits per heavy atom. The smallest absolute Gasteiger partial charge is 0.152 e. The summed E-state index contributed by atoms with van der Waals surface area (Å²) in [5.41, 5.74) is 6.57. The summed E-state index contributed by atoms with van der Waals surface area (Å²) in [6.45, 7) is 1.03. The van der Waals surface area contributed by atoms with E-state index < -0.39 is 15.4 Å². The Morgan fingerprint density at radius 1 is 1.35 bits per heavy atom. The quantitative estimate of drug-likeness (QED) is 0.918. The maximum atomic E-state index is 11.9. The first kappa shape index (κ1) is 15.8. The van der Waals surface area contributed by atoms with Crippen molar-refractivity contribution in [1.82, 2.24) is 4.90 Å². The highest BCUT2D eigenvalue weighted by Crippen LogP contribution is 2.28. The second-order valence-corrected chi connectivity index (χ2v) is 8.23. The van der Waals surface area contributed by atoms with Crippen molar-refractivity contribution in [3.63, 3.8) is 0 Å². The van der Waals surface area contributed by atoms with Gasteiger partial charge < -0.3 is 5.73 Å². The molecule has 1 aromatic carbocycles. The van der Waals surface area contributed by atoms with Gasteiger partial charge in [-0.15, -0.1) is 0 Å². The van der Waals surface area contributed by atoms with Crippen molar-refractivity contribution in [2.24, 2.45) is 5.73 Å². The minimum Gasteiger partial charge on any atom is -0.329 e. The molecule has 1 aliphatic rings. The van der Waals surface area contributed by atoms with Crippen LogP contribution in [-0.4, -0.2) is 44.0 Å². The van der Waals surface area contributed by atoms with E-state index in [9.17, 15) is 8.42 Å². The van der Waals surface area contributed by atoms with E-state index in [2.05, 4.69) is 4.90 Å². The van der Waals surface area contributed by atoms with Gasteiger partial charge in [0.1, 0.15) is 0 Å². The first-order valence-corrected chi connectivity index (χ1v) is 8.93. The van der Waals surface area contributed by atoms with Gasteiger partial charge in [0.25, 0.3) is 0 Å². The zero-order chi connectivity index (χ0) is 14.8. The molecule has 1 unspecified atom stereocenters. The summed E-state index contributed by atoms with van der Waals surface area (Å²) in [6, 6.07) is 7.61. The summed E-state index contributed by atoms with van der Waals surface area (Å²) in [4.78, 5) is 2.08. The van der Waals surface area contributed by atoms with Gasteiger partial charge in [-0.25, -0.2) is 8.42 Å². The van der Waals surface area contributed by atoms with Gasteiger partial charge in [-0.3, -0.25) is 4.90 Å². The molecule has 0 bridgehead atoms. The second kappa shape index (κ2) is 6.02. The fraction of sp³-hybridized carbons (Fsp3) is 0.571. The van der Waals surface area contributed by atoms with Crippen molar-refractivity contribution in [1.29, 1.82) is 0 Å². The van der Waals surface area contributed by atoms with Crippen LogP contribution in [0, 0.1) is 0 Å². The molecule has 0 aromatic heterocycles. The maximum Gasteiger partial charge on any atom is 0.152 e. The molecule has 0 aliphatic carbocycles. The lowest BCUT2D eigenvalue weighted by molar-refractivity contribution is 0.124. The molecule has 6 heteroatoms. The average molecular weight is 317 g/mol. The minimum atomic E-state index is -2.99. The Morgan fingerprint density at radius 3 is 2.55 bits per heavy atom. The number of likely N-dealkylation sites (N-methyl/N-ethyl adjacent to an activating group) is 1. The zero-order valence-corrected chi connectivity index (χ0v) is 13.3. The van der Waals surface area contributed by atoms with E-state index in [1.807, 2.05) is 31.3 Å². The molecule has 1 aliphatic heterocycles. The van der Waals surface area contributed by atoms with Gasteiger partial charge in [-0.1, -0.05) is 23.7 Å². The predicted octanol–water partition coefficient (Wildman–Crippen LogP) is 1.68. The fourth-order valence-corrected chi connectivity index (χ4v) is 4.98. The monoisotopic (exact) mass is 316 g/mol. The molecule has 1 heterocycles. The molecule has 2 rings (SSSR count). The standard InChI is InChI=1S/C14H21ClN2O2S/c1-17(9-12-3-5-13(15)6-4-12)14(10-16)7-2-8-20(18,19)11-14/h3-6H,2,7-11,16H2,1H3. The summed E-state index contributed by atoms with van der Waals surface area (Å²) in [7, 11) is -1.04. The molecule has 112 valence electrons. The van der Waals surface area contributed by atoms with Crippen molar-refractivity contribution in [2.75, 3.05) is 25.1 Å². The minimum absolute atomic E-state index is 0.153. The number of nitrogens with two attached hydrogens (primary N) is 1. The number of hydrogen-bond acceptors (Lipinski definition) is 4. The first-order chi connectivity index (χ1) is 9.37. The SMILES string of the molecule is CN(Cc1ccc(Cl)cc1)C1(CN)CCCS(=O)(=O)C1. The van der Waals surface area contributed by atoms with Crippen molar-refractivity contribution in [2.45, 2.75) is 24.9 Å². The number of hydrogen-bond donors (Lipinski definition) is 1. The molecule has 20 heavy (non-hydrogen) atoms. The molecule has 1 saturated heterocycles. The summed E-state index contributed by atoms with van der Waals surface area (Å²) < 4.78 is 23.9. The lowest BCUT2D eigenvalue weighted by Gasteiger charge is -2.43. The van der Waals surface area contributed by atoms with E-state index in [4.69, 9.17) is 17.3 Å². The van der Waals surface area contributed by atoms with Crippen LogP contribution in [0.2, 0.25) is 5.02 Å². The number of nitrogens with zero attached hydrogens (tertiary/aromatic N) is 1. The van der Waals surface area contributed by atoms with Gasteiger partial charge >= 0.3 is 0 Å². The number of benzene rings is 1. The number of halogens is 1. The van der Waals surface area contributed by atoms with Gasteiger partial charge in [-0.2, -0.15) is 0 Å². The Labute approximate surface area is 125 Å². The summed E-state index contributed by atoms with van der Waals surface area (Å²) in [5, 5.41) is 0.699. The van der Waals surface area contributed by atoms with Crippen molar-refractivity contribution in [3.05, 3.63) is 34.9 Å². The van der Waals surface area contributed by atoms with E-state index in [0.717, 1.165) is 12.0 Å².